The van der Waals surface area contributed by atoms with E-state index in [4.69, 9.17) is 4.74 Å². The first-order valence-corrected chi connectivity index (χ1v) is 7.13. The van der Waals surface area contributed by atoms with Crippen LogP contribution >= 0.6 is 0 Å². The number of benzene rings is 1. The Labute approximate surface area is 141 Å². The van der Waals surface area contributed by atoms with E-state index in [-0.39, 0.29) is 5.75 Å². The minimum Gasteiger partial charge on any atom is -0.476 e. The van der Waals surface area contributed by atoms with E-state index < -0.39 is 6.36 Å². The lowest BCUT2D eigenvalue weighted by Crippen LogP contribution is -2.17. The van der Waals surface area contributed by atoms with Crippen molar-refractivity contribution >= 4 is 11.2 Å². The lowest BCUT2D eigenvalue weighted by atomic mass is 10.1. The standard InChI is InChI=1S/C14H11F3N4O2.C2H4/c15-14(16,17)23-10-3-1-9(2-4-10)5-6-22-13-11-12(19-7-18-11)20-8-21-13;1-2/h1-4,7-8H,5-6H2,(H,18,19,20,21);1-2H2. The Morgan fingerprint density at radius 1 is 1.04 bits per heavy atom. The lowest BCUT2D eigenvalue weighted by Gasteiger charge is -2.09. The number of halogens is 3. The van der Waals surface area contributed by atoms with Gasteiger partial charge in [-0.05, 0) is 17.7 Å². The smallest absolute Gasteiger partial charge is 0.476 e. The number of alkyl halides is 3. The maximum Gasteiger partial charge on any atom is 0.573 e. The fourth-order valence-electron chi connectivity index (χ4n) is 1.98. The minimum atomic E-state index is -4.69. The molecule has 2 heterocycles. The van der Waals surface area contributed by atoms with E-state index in [1.165, 1.54) is 24.8 Å². The van der Waals surface area contributed by atoms with Crippen LogP contribution in [0.15, 0.2) is 50.1 Å². The number of hydrogen-bond donors (Lipinski definition) is 1. The molecular formula is C16H15F3N4O2. The third kappa shape index (κ3) is 5.20. The normalized spacial score (nSPS) is 10.8. The van der Waals surface area contributed by atoms with Gasteiger partial charge in [-0.25, -0.2) is 9.97 Å². The highest BCUT2D eigenvalue weighted by molar-refractivity contribution is 5.74. The van der Waals surface area contributed by atoms with Crippen LogP contribution in [0.5, 0.6) is 11.6 Å². The molecule has 0 aliphatic rings. The summed E-state index contributed by atoms with van der Waals surface area (Å²) < 4.78 is 45.6. The van der Waals surface area contributed by atoms with Crippen LogP contribution in [0.4, 0.5) is 13.2 Å². The van der Waals surface area contributed by atoms with Crippen molar-refractivity contribution in [3.05, 3.63) is 55.6 Å². The van der Waals surface area contributed by atoms with Crippen molar-refractivity contribution in [1.82, 2.24) is 19.9 Å². The molecule has 1 N–H and O–H groups in total. The van der Waals surface area contributed by atoms with Gasteiger partial charge in [-0.2, -0.15) is 4.98 Å². The summed E-state index contributed by atoms with van der Waals surface area (Å²) in [5.74, 6) is 0.127. The van der Waals surface area contributed by atoms with Gasteiger partial charge in [-0.3, -0.25) is 0 Å². The molecule has 0 saturated heterocycles. The number of rotatable bonds is 5. The maximum absolute atomic E-state index is 12.1. The zero-order valence-corrected chi connectivity index (χ0v) is 13.1. The predicted molar refractivity (Wildman–Crippen MR) is 85.3 cm³/mol. The molecule has 3 aromatic rings. The number of ether oxygens (including phenoxy) is 2. The van der Waals surface area contributed by atoms with Crippen LogP contribution in [0, 0.1) is 0 Å². The monoisotopic (exact) mass is 352 g/mol. The Bertz CT molecular complexity index is 803. The van der Waals surface area contributed by atoms with Gasteiger partial charge in [0, 0.05) is 6.42 Å². The first-order valence-electron chi connectivity index (χ1n) is 7.13. The zero-order chi connectivity index (χ0) is 18.3. The number of aromatic nitrogens is 4. The summed E-state index contributed by atoms with van der Waals surface area (Å²) in [5, 5.41) is 0. The molecule has 9 heteroatoms. The van der Waals surface area contributed by atoms with Crippen LogP contribution in [0.2, 0.25) is 0 Å². The third-order valence-corrected chi connectivity index (χ3v) is 2.97. The summed E-state index contributed by atoms with van der Waals surface area (Å²) in [6.07, 6.45) is -1.34. The van der Waals surface area contributed by atoms with Crippen LogP contribution < -0.4 is 9.47 Å². The van der Waals surface area contributed by atoms with E-state index in [1.54, 1.807) is 12.1 Å². The van der Waals surface area contributed by atoms with E-state index in [1.807, 2.05) is 0 Å². The van der Waals surface area contributed by atoms with E-state index in [0.717, 1.165) is 5.56 Å². The first-order chi connectivity index (χ1) is 12.0. The van der Waals surface area contributed by atoms with Gasteiger partial charge < -0.3 is 14.5 Å². The van der Waals surface area contributed by atoms with Crippen LogP contribution in [0.25, 0.3) is 11.2 Å². The van der Waals surface area contributed by atoms with Gasteiger partial charge in [0.2, 0.25) is 5.88 Å². The molecule has 0 bridgehead atoms. The van der Waals surface area contributed by atoms with Gasteiger partial charge in [0.15, 0.2) is 5.65 Å². The van der Waals surface area contributed by atoms with Crippen LogP contribution in [0.1, 0.15) is 5.56 Å². The van der Waals surface area contributed by atoms with Crippen molar-refractivity contribution in [3.63, 3.8) is 0 Å². The topological polar surface area (TPSA) is 72.9 Å². The molecule has 0 spiro atoms. The number of nitrogens with one attached hydrogen (secondary N) is 1. The summed E-state index contributed by atoms with van der Waals surface area (Å²) in [5.41, 5.74) is 1.92. The number of H-pyrrole nitrogens is 1. The molecular weight excluding hydrogens is 337 g/mol. The Morgan fingerprint density at radius 3 is 2.44 bits per heavy atom. The molecule has 0 saturated carbocycles. The summed E-state index contributed by atoms with van der Waals surface area (Å²) >= 11 is 0. The molecule has 0 amide bonds. The minimum absolute atomic E-state index is 0.253. The second-order valence-corrected chi connectivity index (χ2v) is 4.57. The molecule has 3 rings (SSSR count). The molecule has 0 radical (unpaired) electrons. The maximum atomic E-state index is 12.1. The molecule has 0 aliphatic carbocycles. The summed E-state index contributed by atoms with van der Waals surface area (Å²) in [6.45, 7) is 6.31. The highest BCUT2D eigenvalue weighted by Crippen LogP contribution is 2.23. The van der Waals surface area contributed by atoms with Crippen LogP contribution in [-0.2, 0) is 6.42 Å². The fraction of sp³-hybridized carbons (Fsp3) is 0.188. The average Bonchev–Trinajstić information content (AvgIpc) is 3.06. The second kappa shape index (κ2) is 8.13. The van der Waals surface area contributed by atoms with Crippen LogP contribution in [-0.4, -0.2) is 32.9 Å². The van der Waals surface area contributed by atoms with Gasteiger partial charge in [-0.1, -0.05) is 12.1 Å². The van der Waals surface area contributed by atoms with Crippen molar-refractivity contribution in [3.8, 4) is 11.6 Å². The number of hydrogen-bond acceptors (Lipinski definition) is 5. The van der Waals surface area contributed by atoms with Gasteiger partial charge in [0.05, 0.1) is 12.9 Å². The number of nitrogens with zero attached hydrogens (tertiary/aromatic N) is 3. The number of imidazole rings is 1. The Balaban J connectivity index is 0.00000109. The van der Waals surface area contributed by atoms with Gasteiger partial charge in [0.1, 0.15) is 17.6 Å². The van der Waals surface area contributed by atoms with Crippen molar-refractivity contribution in [2.24, 2.45) is 0 Å². The van der Waals surface area contributed by atoms with Gasteiger partial charge in [-0.15, -0.1) is 26.3 Å². The molecule has 132 valence electrons. The van der Waals surface area contributed by atoms with E-state index in [0.29, 0.717) is 30.1 Å². The van der Waals surface area contributed by atoms with Crippen LogP contribution in [0.3, 0.4) is 0 Å². The molecule has 2 aromatic heterocycles. The zero-order valence-electron chi connectivity index (χ0n) is 13.1. The first kappa shape index (κ1) is 18.2. The van der Waals surface area contributed by atoms with E-state index in [9.17, 15) is 13.2 Å². The molecule has 0 atom stereocenters. The van der Waals surface area contributed by atoms with Crippen molar-refractivity contribution in [2.75, 3.05) is 6.61 Å². The molecule has 6 nitrogen and oxygen atoms in total. The Kier molecular flexibility index (Phi) is 5.93. The quantitative estimate of drug-likeness (QED) is 0.709. The predicted octanol–water partition coefficient (Wildman–Crippen LogP) is 3.68. The summed E-state index contributed by atoms with van der Waals surface area (Å²) in [4.78, 5) is 14.9. The fourth-order valence-corrected chi connectivity index (χ4v) is 1.98. The SMILES string of the molecule is C=C.FC(F)(F)Oc1ccc(CCOc2ncnc3nc[nH]c23)cc1. The molecule has 0 unspecified atom stereocenters. The lowest BCUT2D eigenvalue weighted by molar-refractivity contribution is -0.274. The molecule has 1 aromatic carbocycles. The van der Waals surface area contributed by atoms with Crippen molar-refractivity contribution in [1.29, 1.82) is 0 Å². The van der Waals surface area contributed by atoms with Gasteiger partial charge in [0.25, 0.3) is 0 Å². The molecule has 0 fully saturated rings. The van der Waals surface area contributed by atoms with Crippen molar-refractivity contribution in [2.45, 2.75) is 12.8 Å². The molecule has 25 heavy (non-hydrogen) atoms. The summed E-state index contributed by atoms with van der Waals surface area (Å²) in [7, 11) is 0. The van der Waals surface area contributed by atoms with Gasteiger partial charge >= 0.3 is 6.36 Å². The number of aromatic amines is 1. The van der Waals surface area contributed by atoms with Crippen molar-refractivity contribution < 1.29 is 22.6 Å². The highest BCUT2D eigenvalue weighted by Gasteiger charge is 2.30. The van der Waals surface area contributed by atoms with E-state index in [2.05, 4.69) is 37.8 Å². The largest absolute Gasteiger partial charge is 0.573 e. The summed E-state index contributed by atoms with van der Waals surface area (Å²) in [6, 6.07) is 5.63. The second-order valence-electron chi connectivity index (χ2n) is 4.57. The Hall–Kier alpha value is -3.10. The average molecular weight is 352 g/mol. The molecule has 0 aliphatic heterocycles. The third-order valence-electron chi connectivity index (χ3n) is 2.97. The Morgan fingerprint density at radius 2 is 1.76 bits per heavy atom. The van der Waals surface area contributed by atoms with E-state index >= 15 is 0 Å². The highest BCUT2D eigenvalue weighted by atomic mass is 19.4. The number of fused-ring (bicyclic) bond motifs is 1.